The van der Waals surface area contributed by atoms with Gasteiger partial charge in [0.05, 0.1) is 5.69 Å². The molecule has 1 aliphatic carbocycles. The lowest BCUT2D eigenvalue weighted by molar-refractivity contribution is 0.214. The summed E-state index contributed by atoms with van der Waals surface area (Å²) in [5.74, 6) is 0.685. The van der Waals surface area contributed by atoms with Gasteiger partial charge in [-0.25, -0.2) is 9.98 Å². The first-order chi connectivity index (χ1) is 9.45. The molecule has 20 heavy (non-hydrogen) atoms. The lowest BCUT2D eigenvalue weighted by Gasteiger charge is -2.34. The second-order valence-corrected chi connectivity index (χ2v) is 7.11. The fourth-order valence-corrected chi connectivity index (χ4v) is 3.24. The van der Waals surface area contributed by atoms with Crippen LogP contribution in [0.4, 0.5) is 5.69 Å². The molecule has 1 aliphatic rings. The number of aryl methyl sites for hydroxylation is 1. The Kier molecular flexibility index (Phi) is 4.49. The molecule has 2 rings (SSSR count). The molecule has 0 saturated heterocycles. The molecule has 0 aromatic carbocycles. The van der Waals surface area contributed by atoms with E-state index in [9.17, 15) is 0 Å². The first-order valence-corrected chi connectivity index (χ1v) is 8.17. The maximum absolute atomic E-state index is 8.65. The normalized spacial score (nSPS) is 18.9. The number of pyridine rings is 1. The Hall–Kier alpha value is -1.34. The van der Waals surface area contributed by atoms with Crippen molar-refractivity contribution in [2.45, 2.75) is 45.1 Å². The molecule has 1 aromatic heterocycles. The van der Waals surface area contributed by atoms with Crippen molar-refractivity contribution in [3.63, 3.8) is 0 Å². The van der Waals surface area contributed by atoms with Crippen molar-refractivity contribution in [1.82, 2.24) is 4.98 Å². The van der Waals surface area contributed by atoms with E-state index in [0.717, 1.165) is 23.6 Å². The van der Waals surface area contributed by atoms with E-state index in [1.54, 1.807) is 11.8 Å². The van der Waals surface area contributed by atoms with E-state index in [1.807, 2.05) is 12.3 Å². The Balaban J connectivity index is 2.37. The van der Waals surface area contributed by atoms with Gasteiger partial charge in [0.2, 0.25) is 0 Å². The number of nitriles is 1. The minimum absolute atomic E-state index is 0.325. The Morgan fingerprint density at radius 2 is 2.25 bits per heavy atom. The molecule has 0 bridgehead atoms. The average Bonchev–Trinajstić information content (AvgIpc) is 2.42. The maximum Gasteiger partial charge on any atom is 0.122 e. The zero-order valence-electron chi connectivity index (χ0n) is 12.6. The summed E-state index contributed by atoms with van der Waals surface area (Å²) in [6.07, 6.45) is 6.61. The van der Waals surface area contributed by atoms with Crippen LogP contribution in [0.25, 0.3) is 0 Å². The monoisotopic (exact) mass is 287 g/mol. The van der Waals surface area contributed by atoms with Gasteiger partial charge in [-0.15, -0.1) is 11.8 Å². The van der Waals surface area contributed by atoms with Crippen molar-refractivity contribution < 1.29 is 0 Å². The summed E-state index contributed by atoms with van der Waals surface area (Å²) in [6.45, 7) is 6.92. The van der Waals surface area contributed by atoms with E-state index < -0.39 is 0 Å². The van der Waals surface area contributed by atoms with Crippen LogP contribution >= 0.6 is 11.8 Å². The fraction of sp³-hybridized carbons (Fsp3) is 0.562. The Morgan fingerprint density at radius 3 is 2.85 bits per heavy atom. The molecule has 1 aromatic rings. The van der Waals surface area contributed by atoms with Crippen molar-refractivity contribution in [3.05, 3.63) is 17.3 Å². The van der Waals surface area contributed by atoms with Crippen LogP contribution in [0.5, 0.6) is 0 Å². The first kappa shape index (κ1) is 15.1. The summed E-state index contributed by atoms with van der Waals surface area (Å²) in [4.78, 5) is 8.96. The molecule has 0 fully saturated rings. The molecule has 1 heterocycles. The van der Waals surface area contributed by atoms with Gasteiger partial charge in [-0.3, -0.25) is 0 Å². The van der Waals surface area contributed by atoms with Crippen LogP contribution in [-0.2, 0) is 12.8 Å². The zero-order valence-corrected chi connectivity index (χ0v) is 13.4. The largest absolute Gasteiger partial charge is 0.244 e. The van der Waals surface area contributed by atoms with E-state index in [1.165, 1.54) is 23.9 Å². The molecule has 0 spiro atoms. The van der Waals surface area contributed by atoms with Gasteiger partial charge in [-0.05, 0) is 48.5 Å². The topological polar surface area (TPSA) is 49.0 Å². The van der Waals surface area contributed by atoms with E-state index >= 15 is 0 Å². The number of fused-ring (bicyclic) bond motifs is 1. The summed E-state index contributed by atoms with van der Waals surface area (Å²) in [5.41, 5.74) is 3.67. The van der Waals surface area contributed by atoms with Crippen LogP contribution in [0, 0.1) is 22.7 Å². The molecule has 1 atom stereocenters. The highest BCUT2D eigenvalue weighted by Gasteiger charge is 2.29. The van der Waals surface area contributed by atoms with E-state index in [-0.39, 0.29) is 0 Å². The van der Waals surface area contributed by atoms with Crippen molar-refractivity contribution >= 4 is 23.7 Å². The van der Waals surface area contributed by atoms with Gasteiger partial charge in [-0.1, -0.05) is 20.8 Å². The number of nitrogens with zero attached hydrogens (tertiary/aromatic N) is 3. The van der Waals surface area contributed by atoms with Crippen molar-refractivity contribution in [2.24, 2.45) is 16.3 Å². The standard InChI is InChI=1S/C16H21N3S/c1-16(2,3)12-5-6-13-11(9-12)10-14(18-8-7-17)15(19-13)20-4/h8,10,12H,5-6,9H2,1-4H3. The molecule has 106 valence electrons. The van der Waals surface area contributed by atoms with Gasteiger partial charge in [0, 0.05) is 5.69 Å². The van der Waals surface area contributed by atoms with Crippen LogP contribution in [0.2, 0.25) is 0 Å². The molecule has 0 radical (unpaired) electrons. The van der Waals surface area contributed by atoms with Gasteiger partial charge >= 0.3 is 0 Å². The second-order valence-electron chi connectivity index (χ2n) is 6.32. The quantitative estimate of drug-likeness (QED) is 0.605. The van der Waals surface area contributed by atoms with E-state index in [0.29, 0.717) is 11.3 Å². The minimum Gasteiger partial charge on any atom is -0.244 e. The lowest BCUT2D eigenvalue weighted by Crippen LogP contribution is -2.27. The maximum atomic E-state index is 8.65. The number of thioether (sulfide) groups is 1. The summed E-state index contributed by atoms with van der Waals surface area (Å²) >= 11 is 1.59. The highest BCUT2D eigenvalue weighted by atomic mass is 32.2. The SMILES string of the molecule is CSc1nc2c(cc1N=CC#N)CC(C(C)(C)C)CC2. The third kappa shape index (κ3) is 3.21. The molecule has 0 amide bonds. The van der Waals surface area contributed by atoms with Gasteiger partial charge in [0.25, 0.3) is 0 Å². The molecule has 1 unspecified atom stereocenters. The van der Waals surface area contributed by atoms with Crippen LogP contribution < -0.4 is 0 Å². The van der Waals surface area contributed by atoms with Crippen LogP contribution in [0.3, 0.4) is 0 Å². The molecular weight excluding hydrogens is 266 g/mol. The zero-order chi connectivity index (χ0) is 14.8. The van der Waals surface area contributed by atoms with Crippen molar-refractivity contribution in [1.29, 1.82) is 5.26 Å². The van der Waals surface area contributed by atoms with Gasteiger partial charge in [0.15, 0.2) is 0 Å². The minimum atomic E-state index is 0.325. The summed E-state index contributed by atoms with van der Waals surface area (Å²) < 4.78 is 0. The smallest absolute Gasteiger partial charge is 0.122 e. The predicted molar refractivity (Wildman–Crippen MR) is 84.8 cm³/mol. The van der Waals surface area contributed by atoms with Crippen LogP contribution in [0.15, 0.2) is 16.1 Å². The fourth-order valence-electron chi connectivity index (χ4n) is 2.71. The molecule has 0 saturated carbocycles. The van der Waals surface area contributed by atoms with Gasteiger partial charge in [0.1, 0.15) is 17.3 Å². The van der Waals surface area contributed by atoms with Crippen LogP contribution in [-0.4, -0.2) is 17.5 Å². The molecule has 4 heteroatoms. The lowest BCUT2D eigenvalue weighted by atomic mass is 9.71. The Bertz CT molecular complexity index is 564. The summed E-state index contributed by atoms with van der Waals surface area (Å²) in [6, 6.07) is 4.08. The molecule has 3 nitrogen and oxygen atoms in total. The number of aliphatic imine (C=N–C) groups is 1. The number of hydrogen-bond donors (Lipinski definition) is 0. The van der Waals surface area contributed by atoms with Gasteiger partial charge in [-0.2, -0.15) is 5.26 Å². The molecular formula is C16H21N3S. The summed E-state index contributed by atoms with van der Waals surface area (Å²) in [7, 11) is 0. The summed E-state index contributed by atoms with van der Waals surface area (Å²) in [5, 5.41) is 9.57. The predicted octanol–water partition coefficient (Wildman–Crippen LogP) is 4.18. The van der Waals surface area contributed by atoms with Crippen molar-refractivity contribution in [2.75, 3.05) is 6.26 Å². The third-order valence-electron chi connectivity index (χ3n) is 4.01. The second kappa shape index (κ2) is 5.97. The highest BCUT2D eigenvalue weighted by molar-refractivity contribution is 7.98. The third-order valence-corrected chi connectivity index (χ3v) is 4.70. The highest BCUT2D eigenvalue weighted by Crippen LogP contribution is 2.39. The number of rotatable bonds is 2. The number of aromatic nitrogens is 1. The first-order valence-electron chi connectivity index (χ1n) is 6.94. The Labute approximate surface area is 125 Å². The molecule has 0 N–H and O–H groups in total. The van der Waals surface area contributed by atoms with Crippen molar-refractivity contribution in [3.8, 4) is 6.07 Å². The van der Waals surface area contributed by atoms with Crippen LogP contribution in [0.1, 0.15) is 38.4 Å². The van der Waals surface area contributed by atoms with E-state index in [4.69, 9.17) is 10.2 Å². The van der Waals surface area contributed by atoms with E-state index in [2.05, 4.69) is 31.8 Å². The average molecular weight is 287 g/mol. The molecule has 0 aliphatic heterocycles. The van der Waals surface area contributed by atoms with Gasteiger partial charge < -0.3 is 0 Å². The Morgan fingerprint density at radius 1 is 1.50 bits per heavy atom. The number of hydrogen-bond acceptors (Lipinski definition) is 4.